The zero-order valence-electron chi connectivity index (χ0n) is 17.5. The van der Waals surface area contributed by atoms with E-state index in [0.29, 0.717) is 23.4 Å². The minimum atomic E-state index is -4.49. The molecule has 1 aliphatic rings. The van der Waals surface area contributed by atoms with Gasteiger partial charge in [0.2, 0.25) is 0 Å². The quantitative estimate of drug-likeness (QED) is 0.387. The molecule has 1 aliphatic heterocycles. The fraction of sp³-hybridized carbons (Fsp3) is 0.250. The van der Waals surface area contributed by atoms with Gasteiger partial charge in [-0.25, -0.2) is 4.39 Å². The standard InChI is InChI=1S/C24H21F4N3O2/c25-21-10-18(33-14-24(26,27)28)2-4-19(21)15-1-3-20-16(9-15)6-8-30-23(20)12-31-22-11-29-7-5-17(22)13-32/h1-5,7,9-11,13,23,30-31H,6,8,12,14H2/t23-/m0/s1. The number of benzene rings is 2. The zero-order chi connectivity index (χ0) is 23.4. The number of aromatic nitrogens is 1. The molecule has 0 radical (unpaired) electrons. The molecular formula is C24H21F4N3O2. The van der Waals surface area contributed by atoms with Crippen LogP contribution in [0.2, 0.25) is 0 Å². The lowest BCUT2D eigenvalue weighted by molar-refractivity contribution is -0.153. The Morgan fingerprint density at radius 1 is 1.18 bits per heavy atom. The topological polar surface area (TPSA) is 63.2 Å². The van der Waals surface area contributed by atoms with Gasteiger partial charge in [0.15, 0.2) is 12.9 Å². The number of carbonyl (C=O) groups excluding carboxylic acids is 1. The van der Waals surface area contributed by atoms with E-state index >= 15 is 0 Å². The summed E-state index contributed by atoms with van der Waals surface area (Å²) in [4.78, 5) is 15.2. The maximum atomic E-state index is 14.6. The van der Waals surface area contributed by atoms with Crippen molar-refractivity contribution in [1.29, 1.82) is 0 Å². The molecule has 2 N–H and O–H groups in total. The number of pyridine rings is 1. The van der Waals surface area contributed by atoms with Gasteiger partial charge in [0.1, 0.15) is 11.6 Å². The molecule has 5 nitrogen and oxygen atoms in total. The van der Waals surface area contributed by atoms with Crippen LogP contribution in [0.25, 0.3) is 11.1 Å². The third-order valence-electron chi connectivity index (χ3n) is 5.44. The molecule has 1 atom stereocenters. The third kappa shape index (κ3) is 5.48. The smallest absolute Gasteiger partial charge is 0.422 e. The Bertz CT molecular complexity index is 1150. The maximum Gasteiger partial charge on any atom is 0.422 e. The Morgan fingerprint density at radius 2 is 2.03 bits per heavy atom. The second kappa shape index (κ2) is 9.58. The fourth-order valence-electron chi connectivity index (χ4n) is 3.86. The average molecular weight is 459 g/mol. The number of fused-ring (bicyclic) bond motifs is 1. The molecule has 0 saturated carbocycles. The largest absolute Gasteiger partial charge is 0.484 e. The van der Waals surface area contributed by atoms with Gasteiger partial charge in [-0.05, 0) is 47.9 Å². The number of nitrogens with one attached hydrogen (secondary N) is 2. The van der Waals surface area contributed by atoms with Crippen LogP contribution in [0.4, 0.5) is 23.2 Å². The van der Waals surface area contributed by atoms with Crippen LogP contribution in [0.5, 0.6) is 5.75 Å². The van der Waals surface area contributed by atoms with Crippen molar-refractivity contribution >= 4 is 12.0 Å². The van der Waals surface area contributed by atoms with E-state index in [0.717, 1.165) is 36.4 Å². The molecular weight excluding hydrogens is 438 g/mol. The summed E-state index contributed by atoms with van der Waals surface area (Å²) < 4.78 is 56.2. The number of halogens is 4. The third-order valence-corrected chi connectivity index (χ3v) is 5.44. The van der Waals surface area contributed by atoms with Crippen molar-refractivity contribution in [1.82, 2.24) is 10.3 Å². The van der Waals surface area contributed by atoms with E-state index in [2.05, 4.69) is 20.4 Å². The molecule has 0 saturated heterocycles. The van der Waals surface area contributed by atoms with E-state index in [1.807, 2.05) is 12.1 Å². The first-order chi connectivity index (χ1) is 15.8. The maximum absolute atomic E-state index is 14.6. The second-order valence-corrected chi connectivity index (χ2v) is 7.68. The van der Waals surface area contributed by atoms with Crippen LogP contribution in [0.1, 0.15) is 27.5 Å². The number of rotatable bonds is 7. The lowest BCUT2D eigenvalue weighted by atomic mass is 9.90. The number of hydrogen-bond donors (Lipinski definition) is 2. The molecule has 0 bridgehead atoms. The van der Waals surface area contributed by atoms with E-state index in [9.17, 15) is 22.4 Å². The van der Waals surface area contributed by atoms with Crippen LogP contribution in [-0.2, 0) is 6.42 Å². The molecule has 33 heavy (non-hydrogen) atoms. The molecule has 4 rings (SSSR count). The van der Waals surface area contributed by atoms with Crippen molar-refractivity contribution in [2.45, 2.75) is 18.6 Å². The zero-order valence-corrected chi connectivity index (χ0v) is 17.5. The van der Waals surface area contributed by atoms with Crippen LogP contribution >= 0.6 is 0 Å². The van der Waals surface area contributed by atoms with Crippen LogP contribution in [-0.4, -0.2) is 37.1 Å². The number of ether oxygens (including phenoxy) is 1. The first-order valence-electron chi connectivity index (χ1n) is 10.3. The molecule has 0 unspecified atom stereocenters. The molecule has 0 spiro atoms. The van der Waals surface area contributed by atoms with Crippen molar-refractivity contribution in [2.24, 2.45) is 0 Å². The summed E-state index contributed by atoms with van der Waals surface area (Å²) in [5, 5.41) is 6.68. The molecule has 172 valence electrons. The summed E-state index contributed by atoms with van der Waals surface area (Å²) in [6.07, 6.45) is 0.187. The summed E-state index contributed by atoms with van der Waals surface area (Å²) in [6.45, 7) is -0.220. The Hall–Kier alpha value is -3.46. The number of hydrogen-bond acceptors (Lipinski definition) is 5. The number of alkyl halides is 3. The van der Waals surface area contributed by atoms with Crippen molar-refractivity contribution in [3.8, 4) is 16.9 Å². The Kier molecular flexibility index (Phi) is 6.60. The van der Waals surface area contributed by atoms with E-state index in [1.165, 1.54) is 12.1 Å². The van der Waals surface area contributed by atoms with Gasteiger partial charge in [-0.15, -0.1) is 0 Å². The molecule has 3 aromatic rings. The fourth-order valence-corrected chi connectivity index (χ4v) is 3.86. The van der Waals surface area contributed by atoms with Gasteiger partial charge in [-0.1, -0.05) is 18.2 Å². The molecule has 0 fully saturated rings. The van der Waals surface area contributed by atoms with Gasteiger partial charge in [0, 0.05) is 36.0 Å². The highest BCUT2D eigenvalue weighted by molar-refractivity contribution is 5.83. The lowest BCUT2D eigenvalue weighted by Gasteiger charge is -2.28. The highest BCUT2D eigenvalue weighted by atomic mass is 19.4. The number of nitrogens with zero attached hydrogens (tertiary/aromatic N) is 1. The van der Waals surface area contributed by atoms with Crippen molar-refractivity contribution in [3.05, 3.63) is 77.4 Å². The second-order valence-electron chi connectivity index (χ2n) is 7.68. The van der Waals surface area contributed by atoms with E-state index in [-0.39, 0.29) is 17.4 Å². The highest BCUT2D eigenvalue weighted by Gasteiger charge is 2.28. The van der Waals surface area contributed by atoms with Crippen molar-refractivity contribution in [3.63, 3.8) is 0 Å². The summed E-state index contributed by atoms with van der Waals surface area (Å²) in [7, 11) is 0. The average Bonchev–Trinajstić information content (AvgIpc) is 2.80. The Balaban J connectivity index is 1.50. The van der Waals surface area contributed by atoms with Gasteiger partial charge < -0.3 is 15.4 Å². The number of aldehydes is 1. The van der Waals surface area contributed by atoms with E-state index < -0.39 is 18.6 Å². The summed E-state index contributed by atoms with van der Waals surface area (Å²) in [5.41, 5.74) is 4.20. The van der Waals surface area contributed by atoms with Crippen LogP contribution in [0.3, 0.4) is 0 Å². The minimum Gasteiger partial charge on any atom is -0.484 e. The predicted octanol–water partition coefficient (Wildman–Crippen LogP) is 4.94. The number of carbonyl (C=O) groups is 1. The molecule has 1 aromatic heterocycles. The van der Waals surface area contributed by atoms with Crippen molar-refractivity contribution < 1.29 is 27.1 Å². The van der Waals surface area contributed by atoms with Gasteiger partial charge in [-0.2, -0.15) is 13.2 Å². The minimum absolute atomic E-state index is 0.0227. The van der Waals surface area contributed by atoms with E-state index in [1.54, 1.807) is 24.5 Å². The summed E-state index contributed by atoms with van der Waals surface area (Å²) >= 11 is 0. The van der Waals surface area contributed by atoms with Crippen LogP contribution < -0.4 is 15.4 Å². The Labute approximate surface area is 187 Å². The predicted molar refractivity (Wildman–Crippen MR) is 116 cm³/mol. The van der Waals surface area contributed by atoms with Crippen LogP contribution in [0.15, 0.2) is 54.9 Å². The summed E-state index contributed by atoms with van der Waals surface area (Å²) in [6, 6.07) is 10.9. The molecule has 9 heteroatoms. The summed E-state index contributed by atoms with van der Waals surface area (Å²) in [5.74, 6) is -0.827. The van der Waals surface area contributed by atoms with Crippen molar-refractivity contribution in [2.75, 3.05) is 25.0 Å². The lowest BCUT2D eigenvalue weighted by Crippen LogP contribution is -2.34. The molecule has 2 aromatic carbocycles. The first kappa shape index (κ1) is 22.7. The van der Waals surface area contributed by atoms with Crippen LogP contribution in [0, 0.1) is 5.82 Å². The van der Waals surface area contributed by atoms with Gasteiger partial charge in [0.25, 0.3) is 0 Å². The monoisotopic (exact) mass is 459 g/mol. The van der Waals surface area contributed by atoms with Gasteiger partial charge in [-0.3, -0.25) is 9.78 Å². The SMILES string of the molecule is O=Cc1ccncc1NC[C@@H]1NCCc2cc(-c3ccc(OCC(F)(F)F)cc3F)ccc21. The molecule has 0 amide bonds. The van der Waals surface area contributed by atoms with Gasteiger partial charge in [0.05, 0.1) is 11.9 Å². The number of anilines is 1. The normalized spacial score (nSPS) is 15.6. The molecule has 2 heterocycles. The first-order valence-corrected chi connectivity index (χ1v) is 10.3. The Morgan fingerprint density at radius 3 is 2.79 bits per heavy atom. The highest BCUT2D eigenvalue weighted by Crippen LogP contribution is 2.32. The van der Waals surface area contributed by atoms with E-state index in [4.69, 9.17) is 0 Å². The van der Waals surface area contributed by atoms with Gasteiger partial charge >= 0.3 is 6.18 Å². The molecule has 0 aliphatic carbocycles.